The quantitative estimate of drug-likeness (QED) is 0.707. The van der Waals surface area contributed by atoms with E-state index < -0.39 is 0 Å². The Hall–Kier alpha value is -2.15. The Morgan fingerprint density at radius 2 is 1.75 bits per heavy atom. The molecule has 1 rings (SSSR count). The maximum absolute atomic E-state index is 11.4. The second-order valence-electron chi connectivity index (χ2n) is 3.79. The van der Waals surface area contributed by atoms with Gasteiger partial charge in [0.1, 0.15) is 5.75 Å². The van der Waals surface area contributed by atoms with Gasteiger partial charge in [0.05, 0.1) is 21.3 Å². The normalized spacial score (nSPS) is 9.80. The predicted octanol–water partition coefficient (Wildman–Crippen LogP) is 0.166. The lowest BCUT2D eigenvalue weighted by Crippen LogP contribution is -2.32. The number of benzene rings is 1. The van der Waals surface area contributed by atoms with Gasteiger partial charge in [-0.15, -0.1) is 0 Å². The van der Waals surface area contributed by atoms with E-state index in [1.165, 1.54) is 21.3 Å². The number of nitrogens with two attached hydrogens (primary N) is 1. The molecule has 0 aromatic heterocycles. The fraction of sp³-hybridized carbons (Fsp3) is 0.462. The van der Waals surface area contributed by atoms with Gasteiger partial charge in [-0.2, -0.15) is 0 Å². The van der Waals surface area contributed by atoms with Crippen LogP contribution in [0.1, 0.15) is 0 Å². The lowest BCUT2D eigenvalue weighted by molar-refractivity contribution is -0.123. The summed E-state index contributed by atoms with van der Waals surface area (Å²) >= 11 is 0. The van der Waals surface area contributed by atoms with Gasteiger partial charge in [-0.05, 0) is 0 Å². The Balaban J connectivity index is 2.78. The summed E-state index contributed by atoms with van der Waals surface area (Å²) in [6.45, 7) is 0.687. The number of hydrogen-bond acceptors (Lipinski definition) is 6. The van der Waals surface area contributed by atoms with Gasteiger partial charge in [-0.3, -0.25) is 4.79 Å². The first kappa shape index (κ1) is 15.9. The highest BCUT2D eigenvalue weighted by atomic mass is 16.5. The third-order valence-electron chi connectivity index (χ3n) is 2.47. The summed E-state index contributed by atoms with van der Waals surface area (Å²) in [7, 11) is 4.53. The van der Waals surface area contributed by atoms with E-state index in [9.17, 15) is 4.79 Å². The second kappa shape index (κ2) is 8.11. The highest BCUT2D eigenvalue weighted by Gasteiger charge is 2.14. The molecule has 7 nitrogen and oxygen atoms in total. The molecule has 0 spiro atoms. The van der Waals surface area contributed by atoms with E-state index in [1.54, 1.807) is 12.1 Å². The maximum atomic E-state index is 11.4. The molecule has 0 bridgehead atoms. The Labute approximate surface area is 117 Å². The first-order valence-electron chi connectivity index (χ1n) is 6.05. The SMILES string of the molecule is COc1cc(OCC(=O)NCCN)cc(OC)c1OC. The van der Waals surface area contributed by atoms with Crippen LogP contribution in [0.3, 0.4) is 0 Å². The molecule has 0 saturated carbocycles. The van der Waals surface area contributed by atoms with Crippen molar-refractivity contribution in [2.75, 3.05) is 41.0 Å². The summed E-state index contributed by atoms with van der Waals surface area (Å²) < 4.78 is 21.0. The number of rotatable bonds is 8. The van der Waals surface area contributed by atoms with Crippen LogP contribution in [0.15, 0.2) is 12.1 Å². The van der Waals surface area contributed by atoms with Gasteiger partial charge in [0.15, 0.2) is 18.1 Å². The first-order chi connectivity index (χ1) is 9.65. The number of ether oxygens (including phenoxy) is 4. The average Bonchev–Trinajstić information content (AvgIpc) is 2.49. The van der Waals surface area contributed by atoms with Crippen LogP contribution in [0, 0.1) is 0 Å². The molecule has 0 heterocycles. The molecule has 0 unspecified atom stereocenters. The summed E-state index contributed by atoms with van der Waals surface area (Å²) in [5.41, 5.74) is 5.29. The minimum Gasteiger partial charge on any atom is -0.493 e. The van der Waals surface area contributed by atoms with Crippen molar-refractivity contribution in [1.82, 2.24) is 5.32 Å². The highest BCUT2D eigenvalue weighted by Crippen LogP contribution is 2.40. The van der Waals surface area contributed by atoms with Crippen molar-refractivity contribution in [3.05, 3.63) is 12.1 Å². The molecule has 1 aromatic rings. The number of methoxy groups -OCH3 is 3. The van der Waals surface area contributed by atoms with E-state index >= 15 is 0 Å². The molecule has 0 aliphatic rings. The third-order valence-corrected chi connectivity index (χ3v) is 2.47. The Morgan fingerprint density at radius 3 is 2.20 bits per heavy atom. The van der Waals surface area contributed by atoms with Gasteiger partial charge in [0.2, 0.25) is 5.75 Å². The Morgan fingerprint density at radius 1 is 1.15 bits per heavy atom. The molecule has 0 fully saturated rings. The molecule has 7 heteroatoms. The standard InChI is InChI=1S/C13H20N2O5/c1-17-10-6-9(7-11(18-2)13(10)19-3)20-8-12(16)15-5-4-14/h6-7H,4-5,8,14H2,1-3H3,(H,15,16). The van der Waals surface area contributed by atoms with Crippen molar-refractivity contribution < 1.29 is 23.7 Å². The highest BCUT2D eigenvalue weighted by molar-refractivity contribution is 5.77. The van der Waals surface area contributed by atoms with Crippen molar-refractivity contribution in [2.45, 2.75) is 0 Å². The van der Waals surface area contributed by atoms with Gasteiger partial charge >= 0.3 is 0 Å². The smallest absolute Gasteiger partial charge is 0.257 e. The van der Waals surface area contributed by atoms with E-state index in [2.05, 4.69) is 5.32 Å². The minimum absolute atomic E-state index is 0.112. The van der Waals surface area contributed by atoms with Gasteiger partial charge < -0.3 is 30.0 Å². The zero-order chi connectivity index (χ0) is 15.0. The number of carbonyl (C=O) groups excluding carboxylic acids is 1. The molecule has 0 aliphatic carbocycles. The summed E-state index contributed by atoms with van der Waals surface area (Å²) in [6.07, 6.45) is 0. The largest absolute Gasteiger partial charge is 0.493 e. The molecule has 20 heavy (non-hydrogen) atoms. The lowest BCUT2D eigenvalue weighted by atomic mass is 10.2. The fourth-order valence-corrected chi connectivity index (χ4v) is 1.55. The van der Waals surface area contributed by atoms with Crippen molar-refractivity contribution in [2.24, 2.45) is 5.73 Å². The molecular weight excluding hydrogens is 264 g/mol. The van der Waals surface area contributed by atoms with E-state index in [1.807, 2.05) is 0 Å². The third kappa shape index (κ3) is 4.20. The molecular formula is C13H20N2O5. The maximum Gasteiger partial charge on any atom is 0.257 e. The Kier molecular flexibility index (Phi) is 6.45. The van der Waals surface area contributed by atoms with Crippen molar-refractivity contribution in [3.8, 4) is 23.0 Å². The zero-order valence-corrected chi connectivity index (χ0v) is 11.9. The molecule has 0 aliphatic heterocycles. The van der Waals surface area contributed by atoms with Gasteiger partial charge in [0.25, 0.3) is 5.91 Å². The molecule has 1 aromatic carbocycles. The van der Waals surface area contributed by atoms with E-state index in [4.69, 9.17) is 24.7 Å². The van der Waals surface area contributed by atoms with Crippen molar-refractivity contribution in [1.29, 1.82) is 0 Å². The molecule has 1 amide bonds. The van der Waals surface area contributed by atoms with Crippen LogP contribution in [0.4, 0.5) is 0 Å². The van der Waals surface area contributed by atoms with Crippen LogP contribution in [0.5, 0.6) is 23.0 Å². The molecule has 3 N–H and O–H groups in total. The van der Waals surface area contributed by atoms with Crippen LogP contribution in [0.25, 0.3) is 0 Å². The van der Waals surface area contributed by atoms with E-state index in [0.29, 0.717) is 36.1 Å². The topological polar surface area (TPSA) is 92.0 Å². The molecule has 112 valence electrons. The van der Waals surface area contributed by atoms with Gasteiger partial charge in [-0.1, -0.05) is 0 Å². The second-order valence-corrected chi connectivity index (χ2v) is 3.79. The average molecular weight is 284 g/mol. The van der Waals surface area contributed by atoms with Crippen LogP contribution >= 0.6 is 0 Å². The number of carbonyl (C=O) groups is 1. The fourth-order valence-electron chi connectivity index (χ4n) is 1.55. The van der Waals surface area contributed by atoms with Crippen LogP contribution in [-0.4, -0.2) is 46.9 Å². The monoisotopic (exact) mass is 284 g/mol. The van der Waals surface area contributed by atoms with Crippen molar-refractivity contribution >= 4 is 5.91 Å². The van der Waals surface area contributed by atoms with E-state index in [-0.39, 0.29) is 12.5 Å². The summed E-state index contributed by atoms with van der Waals surface area (Å²) in [5, 5.41) is 2.61. The van der Waals surface area contributed by atoms with Crippen molar-refractivity contribution in [3.63, 3.8) is 0 Å². The van der Waals surface area contributed by atoms with Gasteiger partial charge in [0, 0.05) is 25.2 Å². The van der Waals surface area contributed by atoms with Crippen LogP contribution in [-0.2, 0) is 4.79 Å². The molecule has 0 atom stereocenters. The number of hydrogen-bond donors (Lipinski definition) is 2. The molecule has 0 radical (unpaired) electrons. The zero-order valence-electron chi connectivity index (χ0n) is 11.9. The number of nitrogens with one attached hydrogen (secondary N) is 1. The minimum atomic E-state index is -0.246. The van der Waals surface area contributed by atoms with E-state index in [0.717, 1.165) is 0 Å². The summed E-state index contributed by atoms with van der Waals surface area (Å²) in [4.78, 5) is 11.4. The van der Waals surface area contributed by atoms with Crippen LogP contribution < -0.4 is 30.0 Å². The predicted molar refractivity (Wildman–Crippen MR) is 73.7 cm³/mol. The number of amides is 1. The first-order valence-corrected chi connectivity index (χ1v) is 6.05. The summed E-state index contributed by atoms with van der Waals surface area (Å²) in [5.74, 6) is 1.59. The molecule has 0 saturated heterocycles. The Bertz CT molecular complexity index is 425. The van der Waals surface area contributed by atoms with Crippen LogP contribution in [0.2, 0.25) is 0 Å². The summed E-state index contributed by atoms with van der Waals surface area (Å²) in [6, 6.07) is 3.25. The van der Waals surface area contributed by atoms with Gasteiger partial charge in [-0.25, -0.2) is 0 Å². The lowest BCUT2D eigenvalue weighted by Gasteiger charge is -2.14.